The van der Waals surface area contributed by atoms with Crippen molar-refractivity contribution >= 4 is 35.2 Å². The number of carbonyl (C=O) groups is 4. The van der Waals surface area contributed by atoms with Gasteiger partial charge in [-0.3, -0.25) is 19.2 Å². The van der Waals surface area contributed by atoms with E-state index in [0.29, 0.717) is 54.9 Å². The Morgan fingerprint density at radius 1 is 1.00 bits per heavy atom. The lowest BCUT2D eigenvalue weighted by Crippen LogP contribution is -2.50. The smallest absolute Gasteiger partial charge is 0.260 e. The van der Waals surface area contributed by atoms with Gasteiger partial charge in [0.15, 0.2) is 12.4 Å². The van der Waals surface area contributed by atoms with E-state index in [4.69, 9.17) is 16.3 Å². The van der Waals surface area contributed by atoms with Crippen molar-refractivity contribution in [3.8, 4) is 5.75 Å². The largest absolute Gasteiger partial charge is 0.482 e. The maximum atomic E-state index is 13.8. The number of aryl methyl sites for hydroxylation is 1. The predicted molar refractivity (Wildman–Crippen MR) is 173 cm³/mol. The lowest BCUT2D eigenvalue weighted by Gasteiger charge is -2.26. The molecule has 2 atom stereocenters. The van der Waals surface area contributed by atoms with Crippen molar-refractivity contribution in [1.82, 2.24) is 35.6 Å². The van der Waals surface area contributed by atoms with Crippen LogP contribution >= 0.6 is 11.6 Å². The summed E-state index contributed by atoms with van der Waals surface area (Å²) in [6.45, 7) is 6.26. The highest BCUT2D eigenvalue weighted by Crippen LogP contribution is 2.23. The van der Waals surface area contributed by atoms with E-state index in [-0.39, 0.29) is 55.5 Å². The standard InChI is InChI=1S/C33H42ClN7O5/c1-22(2)31-32-36-23(3)39-41(32)20-29(43)35-16-10-18-40(30(44)21-46-27-14-8-7-13-25(27)34)17-9-15-28(42)37-26(33(45)38-31)19-24-11-5-4-6-12-24/h4-8,11-14,22,26,31H,9-10,15-21H2,1-3H3,(H,35,43)(H,37,42)(H,38,45)/t26-,31+/m1/s1. The minimum Gasteiger partial charge on any atom is -0.482 e. The molecule has 0 unspecified atom stereocenters. The number of halogens is 1. The van der Waals surface area contributed by atoms with Gasteiger partial charge >= 0.3 is 0 Å². The topological polar surface area (TPSA) is 148 Å². The van der Waals surface area contributed by atoms with E-state index in [1.54, 1.807) is 36.1 Å². The van der Waals surface area contributed by atoms with Crippen molar-refractivity contribution in [3.63, 3.8) is 0 Å². The highest BCUT2D eigenvalue weighted by Gasteiger charge is 2.30. The molecular weight excluding hydrogens is 610 g/mol. The van der Waals surface area contributed by atoms with Gasteiger partial charge in [-0.25, -0.2) is 9.67 Å². The Hall–Kier alpha value is -4.45. The Kier molecular flexibility index (Phi) is 12.5. The number of carbonyl (C=O) groups excluding carboxylic acids is 4. The fraction of sp³-hybridized carbons (Fsp3) is 0.455. The molecule has 0 fully saturated rings. The fourth-order valence-electron chi connectivity index (χ4n) is 5.20. The Balaban J connectivity index is 1.54. The Morgan fingerprint density at radius 3 is 2.46 bits per heavy atom. The summed E-state index contributed by atoms with van der Waals surface area (Å²) < 4.78 is 7.17. The Labute approximate surface area is 274 Å². The lowest BCUT2D eigenvalue weighted by atomic mass is 10.0. The van der Waals surface area contributed by atoms with Crippen LogP contribution in [-0.4, -0.2) is 75.6 Å². The second kappa shape index (κ2) is 16.7. The van der Waals surface area contributed by atoms with E-state index in [1.165, 1.54) is 4.68 Å². The zero-order chi connectivity index (χ0) is 33.1. The first-order valence-electron chi connectivity index (χ1n) is 15.6. The summed E-state index contributed by atoms with van der Waals surface area (Å²) in [5.41, 5.74) is 0.886. The lowest BCUT2D eigenvalue weighted by molar-refractivity contribution is -0.134. The number of ether oxygens (including phenoxy) is 1. The molecule has 3 N–H and O–H groups in total. The average molecular weight is 652 g/mol. The number of nitrogens with zero attached hydrogens (tertiary/aromatic N) is 4. The minimum atomic E-state index is -0.863. The molecule has 1 aromatic heterocycles. The van der Waals surface area contributed by atoms with E-state index < -0.39 is 12.1 Å². The van der Waals surface area contributed by atoms with Gasteiger partial charge in [0.2, 0.25) is 17.7 Å². The molecule has 0 saturated heterocycles. The van der Waals surface area contributed by atoms with Gasteiger partial charge in [0, 0.05) is 32.5 Å². The van der Waals surface area contributed by atoms with Crippen molar-refractivity contribution in [2.24, 2.45) is 5.92 Å². The number of hydrogen-bond acceptors (Lipinski definition) is 7. The van der Waals surface area contributed by atoms with Gasteiger partial charge in [-0.05, 0) is 43.4 Å². The minimum absolute atomic E-state index is 0.0848. The number of hydrogen-bond donors (Lipinski definition) is 3. The van der Waals surface area contributed by atoms with Gasteiger partial charge in [0.05, 0.1) is 11.1 Å². The van der Waals surface area contributed by atoms with Gasteiger partial charge in [-0.15, -0.1) is 0 Å². The summed E-state index contributed by atoms with van der Waals surface area (Å²) in [6.07, 6.45) is 1.24. The van der Waals surface area contributed by atoms with Gasteiger partial charge in [-0.2, -0.15) is 5.10 Å². The maximum absolute atomic E-state index is 13.8. The molecule has 0 bridgehead atoms. The molecule has 2 aromatic carbocycles. The molecule has 4 amide bonds. The van der Waals surface area contributed by atoms with Crippen LogP contribution in [0.1, 0.15) is 56.4 Å². The molecule has 246 valence electrons. The molecule has 0 aliphatic carbocycles. The third-order valence-electron chi connectivity index (χ3n) is 7.58. The first-order valence-corrected chi connectivity index (χ1v) is 15.9. The highest BCUT2D eigenvalue weighted by atomic mass is 35.5. The molecule has 12 nitrogen and oxygen atoms in total. The number of fused-ring (bicyclic) bond motifs is 1. The van der Waals surface area contributed by atoms with Crippen molar-refractivity contribution in [2.45, 2.75) is 65.1 Å². The van der Waals surface area contributed by atoms with Gasteiger partial charge < -0.3 is 25.6 Å². The second-order valence-corrected chi connectivity index (χ2v) is 12.0. The monoisotopic (exact) mass is 651 g/mol. The molecule has 0 spiro atoms. The zero-order valence-electron chi connectivity index (χ0n) is 26.5. The molecule has 13 heteroatoms. The number of benzene rings is 2. The Bertz CT molecular complexity index is 1500. The van der Waals surface area contributed by atoms with Crippen LogP contribution in [0.2, 0.25) is 5.02 Å². The van der Waals surface area contributed by atoms with Crippen molar-refractivity contribution in [3.05, 3.63) is 76.8 Å². The summed E-state index contributed by atoms with van der Waals surface area (Å²) in [6, 6.07) is 14.9. The summed E-state index contributed by atoms with van der Waals surface area (Å²) in [5, 5.41) is 13.7. The fourth-order valence-corrected chi connectivity index (χ4v) is 5.39. The molecule has 0 saturated carbocycles. The third-order valence-corrected chi connectivity index (χ3v) is 7.89. The first-order chi connectivity index (χ1) is 22.1. The second-order valence-electron chi connectivity index (χ2n) is 11.6. The first kappa shape index (κ1) is 34.4. The zero-order valence-corrected chi connectivity index (χ0v) is 27.3. The van der Waals surface area contributed by atoms with Crippen LogP contribution in [-0.2, 0) is 32.1 Å². The number of nitrogens with one attached hydrogen (secondary N) is 3. The molecule has 1 aliphatic rings. The summed E-state index contributed by atoms with van der Waals surface area (Å²) in [5.74, 6) is 0.0221. The summed E-state index contributed by atoms with van der Waals surface area (Å²) in [7, 11) is 0. The van der Waals surface area contributed by atoms with Crippen LogP contribution in [0.25, 0.3) is 0 Å². The Morgan fingerprint density at radius 2 is 1.72 bits per heavy atom. The summed E-state index contributed by atoms with van der Waals surface area (Å²) >= 11 is 6.18. The van der Waals surface area contributed by atoms with E-state index in [2.05, 4.69) is 26.0 Å². The van der Waals surface area contributed by atoms with Crippen LogP contribution in [0.15, 0.2) is 54.6 Å². The van der Waals surface area contributed by atoms with Crippen LogP contribution in [0.4, 0.5) is 0 Å². The van der Waals surface area contributed by atoms with E-state index in [9.17, 15) is 19.2 Å². The van der Waals surface area contributed by atoms with Gasteiger partial charge in [0.1, 0.15) is 24.2 Å². The molecule has 46 heavy (non-hydrogen) atoms. The molecule has 0 radical (unpaired) electrons. The van der Waals surface area contributed by atoms with Gasteiger partial charge in [-0.1, -0.05) is 67.9 Å². The van der Waals surface area contributed by atoms with Crippen LogP contribution in [0.3, 0.4) is 0 Å². The van der Waals surface area contributed by atoms with Crippen LogP contribution in [0.5, 0.6) is 5.75 Å². The molecule has 1 aliphatic heterocycles. The number of para-hydroxylation sites is 1. The number of aromatic nitrogens is 3. The van der Waals surface area contributed by atoms with Crippen LogP contribution in [0, 0.1) is 12.8 Å². The summed E-state index contributed by atoms with van der Waals surface area (Å²) in [4.78, 5) is 59.2. The van der Waals surface area contributed by atoms with Crippen LogP contribution < -0.4 is 20.7 Å². The molecule has 4 rings (SSSR count). The van der Waals surface area contributed by atoms with Gasteiger partial charge in [0.25, 0.3) is 5.91 Å². The van der Waals surface area contributed by atoms with Crippen molar-refractivity contribution in [2.75, 3.05) is 26.2 Å². The number of rotatable bonds is 6. The number of amides is 4. The van der Waals surface area contributed by atoms with E-state index in [0.717, 1.165) is 5.56 Å². The maximum Gasteiger partial charge on any atom is 0.260 e. The van der Waals surface area contributed by atoms with E-state index in [1.807, 2.05) is 44.2 Å². The highest BCUT2D eigenvalue weighted by molar-refractivity contribution is 6.32. The molecular formula is C33H42ClN7O5. The van der Waals surface area contributed by atoms with Crippen molar-refractivity contribution < 1.29 is 23.9 Å². The SMILES string of the molecule is Cc1nc2n(n1)CC(=O)NCCCN(C(=O)COc1ccccc1Cl)CCCC(=O)N[C@H](Cc1ccccc1)C(=O)N[C@H]2C(C)C. The average Bonchev–Trinajstić information content (AvgIpc) is 3.38. The quantitative estimate of drug-likeness (QED) is 0.371. The third kappa shape index (κ3) is 10.0. The molecule has 3 aromatic rings. The van der Waals surface area contributed by atoms with E-state index >= 15 is 0 Å². The van der Waals surface area contributed by atoms with Crippen molar-refractivity contribution in [1.29, 1.82) is 0 Å². The normalized spacial score (nSPS) is 18.9. The predicted octanol–water partition coefficient (Wildman–Crippen LogP) is 2.99. The molecule has 2 heterocycles.